The molecule has 576 valence electrons. The van der Waals surface area contributed by atoms with Gasteiger partial charge in [-0.2, -0.15) is 0 Å². The van der Waals surface area contributed by atoms with Gasteiger partial charge in [0.05, 0.1) is 41.6 Å². The topological polar surface area (TPSA) is 443 Å². The lowest BCUT2D eigenvalue weighted by Crippen LogP contribution is -2.54. The summed E-state index contributed by atoms with van der Waals surface area (Å²) in [6.45, 7) is 17.3. The van der Waals surface area contributed by atoms with E-state index in [9.17, 15) is 68.7 Å². The Hall–Kier alpha value is -10.5. The second-order valence-corrected chi connectivity index (χ2v) is 28.2. The number of unbranched alkanes of at least 4 members (excludes halogenated alkanes) is 2. The van der Waals surface area contributed by atoms with Gasteiger partial charge in [-0.05, 0) is 69.2 Å². The molecule has 9 rings (SSSR count). The van der Waals surface area contributed by atoms with E-state index in [-0.39, 0.29) is 125 Å². The van der Waals surface area contributed by atoms with Gasteiger partial charge in [0.1, 0.15) is 52.8 Å². The number of alkyl carbamates (subject to hydrolysis) is 1. The highest BCUT2D eigenvalue weighted by Gasteiger charge is 2.50. The Balaban J connectivity index is 0.837. The number of carbonyl (C=O) groups excluding carboxylic acids is 9. The fraction of sp³-hybridized carbons (Fsp3) is 0.487. The summed E-state index contributed by atoms with van der Waals surface area (Å²) in [6.07, 6.45) is 6.71. The second-order valence-electron chi connectivity index (χ2n) is 28.2. The van der Waals surface area contributed by atoms with E-state index in [1.807, 2.05) is 4.90 Å². The van der Waals surface area contributed by atoms with Gasteiger partial charge in [-0.3, -0.25) is 48.2 Å². The van der Waals surface area contributed by atoms with Gasteiger partial charge in [-0.15, -0.1) is 0 Å². The zero-order valence-corrected chi connectivity index (χ0v) is 61.7. The number of piperazine rings is 1. The van der Waals surface area contributed by atoms with Crippen LogP contribution in [0.2, 0.25) is 0 Å². The van der Waals surface area contributed by atoms with Crippen LogP contribution in [0.15, 0.2) is 93.9 Å². The lowest BCUT2D eigenvalue weighted by Gasteiger charge is -2.36. The van der Waals surface area contributed by atoms with Gasteiger partial charge < -0.3 is 91.4 Å². The monoisotopic (exact) mass is 1480 g/mol. The number of aliphatic hydroxyl groups excluding tert-OH is 3. The molecule has 13 N–H and O–H groups in total. The van der Waals surface area contributed by atoms with Crippen LogP contribution in [0, 0.1) is 36.5 Å². The molecule has 3 aromatic rings. The lowest BCUT2D eigenvalue weighted by atomic mass is 9.78. The van der Waals surface area contributed by atoms with Crippen LogP contribution >= 0.6 is 0 Å². The molecule has 1 saturated heterocycles. The predicted molar refractivity (Wildman–Crippen MR) is 395 cm³/mol. The Labute approximate surface area is 618 Å². The third-order valence-electron chi connectivity index (χ3n) is 20.2. The van der Waals surface area contributed by atoms with Crippen LogP contribution in [0.5, 0.6) is 17.2 Å². The quantitative estimate of drug-likeness (QED) is 0.0163. The van der Waals surface area contributed by atoms with Crippen LogP contribution in [-0.2, 0) is 49.6 Å². The zero-order valence-electron chi connectivity index (χ0n) is 61.7. The molecule has 31 nitrogen and oxygen atoms in total. The maximum atomic E-state index is 15.1. The number of urea groups is 1. The zero-order chi connectivity index (χ0) is 77.9. The maximum absolute atomic E-state index is 15.1. The molecule has 5 aliphatic heterocycles. The highest BCUT2D eigenvalue weighted by atomic mass is 16.7. The van der Waals surface area contributed by atoms with Crippen molar-refractivity contribution in [3.63, 3.8) is 0 Å². The average molecular weight is 1480 g/mol. The molecular formula is C76H97N11O20. The Morgan fingerprint density at radius 1 is 0.804 bits per heavy atom. The summed E-state index contributed by atoms with van der Waals surface area (Å²) in [7, 11) is 1.41. The molecule has 4 bridgehead atoms. The van der Waals surface area contributed by atoms with Crippen molar-refractivity contribution in [2.24, 2.45) is 35.3 Å². The first-order valence-corrected chi connectivity index (χ1v) is 35.9. The van der Waals surface area contributed by atoms with Crippen LogP contribution < -0.4 is 52.7 Å². The van der Waals surface area contributed by atoms with Gasteiger partial charge in [0, 0.05) is 149 Å². The summed E-state index contributed by atoms with van der Waals surface area (Å²) in [6, 6.07) is 6.74. The fourth-order valence-electron chi connectivity index (χ4n) is 13.5. The SMILES string of the molecule is CO[C@H]1/C=C/O[C@@]2(C)Oc3c(C)c(O)c4c(=O)c(c5oc6cc(N7CCN(CCNC(=O)OCc8ccc(NC(=O)[C@H](CCCNC(N)=O)NC(=O)[C@@H](NC(=O)CCCCCN9C(=O)C=CC9=O)C(C)C)cc8)CC7)cc(O)c6nc-5c4c3C2=O)NC(=O)/C(C)=C\C=C\[C@H](C)[C@H](O)[C@@H](C)[C@@H](O)[C@@H](C)[C@H](O)[C@@H]1C. The molecule has 0 spiro atoms. The molecule has 0 radical (unpaired) electrons. The van der Waals surface area contributed by atoms with Crippen molar-refractivity contribution in [3.05, 3.63) is 112 Å². The van der Waals surface area contributed by atoms with Crippen molar-refractivity contribution >= 4 is 92.3 Å². The number of methoxy groups -OCH3 is 1. The number of fused-ring (bicyclic) bond motifs is 2. The van der Waals surface area contributed by atoms with E-state index in [2.05, 4.69) is 36.8 Å². The van der Waals surface area contributed by atoms with Crippen molar-refractivity contribution in [3.8, 4) is 28.7 Å². The number of nitrogens with two attached hydrogens (primary N) is 1. The number of hydrogen-bond donors (Lipinski definition) is 12. The van der Waals surface area contributed by atoms with Crippen LogP contribution in [0.4, 0.5) is 26.7 Å². The smallest absolute Gasteiger partial charge is 0.407 e. The molecule has 1 fully saturated rings. The predicted octanol–water partition coefficient (Wildman–Crippen LogP) is 5.63. The number of amides is 9. The summed E-state index contributed by atoms with van der Waals surface area (Å²) in [5, 5.41) is 73.8. The minimum absolute atomic E-state index is 0.0156. The number of allylic oxidation sites excluding steroid dienone is 2. The summed E-state index contributed by atoms with van der Waals surface area (Å²) in [5.41, 5.74) is 4.85. The van der Waals surface area contributed by atoms with E-state index in [0.29, 0.717) is 68.9 Å². The number of nitrogens with zero attached hydrogens (tertiary/aromatic N) is 4. The third kappa shape index (κ3) is 18.9. The second kappa shape index (κ2) is 35.3. The number of aromatic nitrogens is 1. The number of aromatic hydroxyl groups is 2. The molecule has 5 heterocycles. The van der Waals surface area contributed by atoms with E-state index in [4.69, 9.17) is 34.1 Å². The Morgan fingerprint density at radius 3 is 2.16 bits per heavy atom. The fourth-order valence-corrected chi connectivity index (χ4v) is 13.5. The third-order valence-corrected chi connectivity index (χ3v) is 20.2. The van der Waals surface area contributed by atoms with E-state index < -0.39 is 124 Å². The van der Waals surface area contributed by atoms with E-state index >= 15 is 4.79 Å². The summed E-state index contributed by atoms with van der Waals surface area (Å²) in [4.78, 5) is 143. The first-order valence-electron chi connectivity index (χ1n) is 35.9. The normalized spacial score (nSPS) is 24.0. The minimum Gasteiger partial charge on any atom is -0.507 e. The van der Waals surface area contributed by atoms with Crippen molar-refractivity contribution in [2.45, 2.75) is 150 Å². The molecule has 0 aromatic heterocycles. The van der Waals surface area contributed by atoms with E-state index in [0.717, 1.165) is 4.90 Å². The summed E-state index contributed by atoms with van der Waals surface area (Å²) >= 11 is 0. The highest BCUT2D eigenvalue weighted by Crippen LogP contribution is 2.51. The molecule has 9 amide bonds. The van der Waals surface area contributed by atoms with Gasteiger partial charge in [-0.25, -0.2) is 14.6 Å². The van der Waals surface area contributed by atoms with E-state index in [1.165, 1.54) is 64.5 Å². The molecule has 0 unspecified atom stereocenters. The number of primary amides is 1. The van der Waals surface area contributed by atoms with Gasteiger partial charge in [0.15, 0.2) is 11.3 Å². The Morgan fingerprint density at radius 2 is 1.49 bits per heavy atom. The number of imide groups is 1. The number of Topliss-reactive ketones (excluding diaryl/α,β-unsaturated/α-hetero) is 1. The molecule has 3 aromatic carbocycles. The summed E-state index contributed by atoms with van der Waals surface area (Å²) < 4.78 is 30.1. The number of aliphatic hydroxyl groups is 3. The maximum Gasteiger partial charge on any atom is 0.407 e. The Kier molecular flexibility index (Phi) is 26.6. The highest BCUT2D eigenvalue weighted by molar-refractivity contribution is 6.22. The van der Waals surface area contributed by atoms with Crippen molar-refractivity contribution < 1.29 is 92.0 Å². The number of benzene rings is 4. The number of phenols is 2. The van der Waals surface area contributed by atoms with Gasteiger partial charge >= 0.3 is 17.9 Å². The van der Waals surface area contributed by atoms with Gasteiger partial charge in [0.25, 0.3) is 23.5 Å². The first kappa shape index (κ1) is 80.6. The number of anilines is 3. The van der Waals surface area contributed by atoms with Crippen LogP contribution in [-0.4, -0.2) is 195 Å². The number of rotatable bonds is 23. The summed E-state index contributed by atoms with van der Waals surface area (Å²) in [5.74, 6) is -10.5. The van der Waals surface area contributed by atoms with Gasteiger partial charge in [-0.1, -0.05) is 78.3 Å². The minimum atomic E-state index is -2.13. The van der Waals surface area contributed by atoms with Gasteiger partial charge in [0.2, 0.25) is 23.2 Å². The van der Waals surface area contributed by atoms with Crippen molar-refractivity contribution in [1.82, 2.24) is 36.1 Å². The molecule has 0 saturated carbocycles. The lowest BCUT2D eigenvalue weighted by molar-refractivity contribution is -0.137. The van der Waals surface area contributed by atoms with E-state index in [1.54, 1.807) is 84.0 Å². The Bertz CT molecular complexity index is 4320. The number of phenolic OH excluding ortho intramolecular Hbond substituents is 2. The standard InChI is InChI=1S/C76H97N11O20/c1-39(2)59(82-53(89)19-12-11-13-29-87-54(90)24-25-55(87)91)73(100)81-49(18-15-27-78-74(77)101)72(99)80-47-22-20-46(21-23-47)38-104-75(102)79-28-30-85-31-33-86(34-32-85)48-36-50(88)60-52(37-48)106-69-61(83-60)56-57-66(95)45(8)68-58(56)70(97)76(9,107-68)105-35-26-51(103-10)42(5)64(93)44(7)65(94)43(6)63(92)40(3)16-14-17-41(4)71(98)84-62(69)67(57)96/h14,16-17,20-26,35-37,39-40,42-44,49,51,59,63-65,88,92-95H,11-13,15,18-19,27-34,38H2,1-10H3,(H,79,102)(H,80,99)(H,81,100)(H,82,89)(H,84,98)(H3,77,78,101)/b16-14+,35-26+,41-17-/t40-,42+,43+,44-,49-,51-,59-,63-,64+,65+,76-/m0/s1. The molecule has 1 aliphatic carbocycles. The number of nitrogens with one attached hydrogen (secondary N) is 6. The first-order chi connectivity index (χ1) is 50.8. The molecule has 11 atom stereocenters. The number of hydrogen-bond acceptors (Lipinski definition) is 23. The number of ketones is 1. The molecule has 31 heteroatoms. The molecule has 6 aliphatic rings. The largest absolute Gasteiger partial charge is 0.507 e. The molecular weight excluding hydrogens is 1390 g/mol. The average Bonchev–Trinajstić information content (AvgIpc) is 1.65. The van der Waals surface area contributed by atoms with Crippen LogP contribution in [0.25, 0.3) is 33.3 Å². The van der Waals surface area contributed by atoms with Crippen molar-refractivity contribution in [2.75, 3.05) is 75.0 Å². The molecule has 107 heavy (non-hydrogen) atoms. The number of ether oxygens (including phenoxy) is 4. The van der Waals surface area contributed by atoms with Crippen LogP contribution in [0.1, 0.15) is 115 Å². The van der Waals surface area contributed by atoms with Crippen LogP contribution in [0.3, 0.4) is 0 Å². The number of carbonyl (C=O) groups is 9. The van der Waals surface area contributed by atoms with Crippen molar-refractivity contribution in [1.29, 1.82) is 0 Å².